The van der Waals surface area contributed by atoms with Gasteiger partial charge in [-0.2, -0.15) is 0 Å². The topological polar surface area (TPSA) is 105 Å². The van der Waals surface area contributed by atoms with E-state index in [9.17, 15) is 14.4 Å². The van der Waals surface area contributed by atoms with Gasteiger partial charge >= 0.3 is 5.97 Å². The molecule has 1 aliphatic heterocycles. The van der Waals surface area contributed by atoms with Gasteiger partial charge in [0.1, 0.15) is 18.0 Å². The fourth-order valence-electron chi connectivity index (χ4n) is 2.84. The number of nitrogens with zero attached hydrogens (tertiary/aromatic N) is 1. The molecule has 0 spiro atoms. The lowest BCUT2D eigenvalue weighted by Gasteiger charge is -2.29. The first kappa shape index (κ1) is 19.2. The zero-order chi connectivity index (χ0) is 20.1. The highest BCUT2D eigenvalue weighted by Crippen LogP contribution is 2.31. The number of fused-ring (bicyclic) bond motifs is 1. The number of carbonyl (C=O) groups is 3. The minimum atomic E-state index is -1.05. The third kappa shape index (κ3) is 4.59. The Kier molecular flexibility index (Phi) is 5.78. The zero-order valence-corrected chi connectivity index (χ0v) is 15.3. The minimum Gasteiger partial charge on any atom is -0.482 e. The quantitative estimate of drug-likeness (QED) is 0.754. The van der Waals surface area contributed by atoms with E-state index in [1.165, 1.54) is 4.90 Å². The maximum atomic E-state index is 12.5. The average molecular weight is 384 g/mol. The van der Waals surface area contributed by atoms with Crippen molar-refractivity contribution in [1.29, 1.82) is 0 Å². The lowest BCUT2D eigenvalue weighted by Crippen LogP contribution is -2.45. The molecule has 2 N–H and O–H groups in total. The highest BCUT2D eigenvalue weighted by Gasteiger charge is 2.27. The van der Waals surface area contributed by atoms with Crippen molar-refractivity contribution in [2.45, 2.75) is 13.0 Å². The number of ether oxygens (including phenoxy) is 2. The van der Waals surface area contributed by atoms with E-state index in [0.29, 0.717) is 17.2 Å². The van der Waals surface area contributed by atoms with E-state index in [2.05, 4.69) is 5.32 Å². The van der Waals surface area contributed by atoms with Crippen LogP contribution < -0.4 is 19.7 Å². The second kappa shape index (κ2) is 8.43. The van der Waals surface area contributed by atoms with Crippen molar-refractivity contribution in [3.8, 4) is 11.5 Å². The Bertz CT molecular complexity index is 881. The molecule has 1 atom stereocenters. The van der Waals surface area contributed by atoms with E-state index in [1.54, 1.807) is 48.5 Å². The molecule has 0 fully saturated rings. The predicted molar refractivity (Wildman–Crippen MR) is 100 cm³/mol. The van der Waals surface area contributed by atoms with E-state index in [4.69, 9.17) is 14.6 Å². The lowest BCUT2D eigenvalue weighted by molar-refractivity contribution is -0.139. The van der Waals surface area contributed by atoms with Gasteiger partial charge in [-0.1, -0.05) is 24.3 Å². The molecule has 0 bridgehead atoms. The number of para-hydroxylation sites is 2. The van der Waals surface area contributed by atoms with Crippen LogP contribution in [0.25, 0.3) is 0 Å². The summed E-state index contributed by atoms with van der Waals surface area (Å²) in [6, 6.07) is 13.6. The fourth-order valence-corrected chi connectivity index (χ4v) is 2.84. The first-order chi connectivity index (χ1) is 13.4. The molecule has 0 unspecified atom stereocenters. The van der Waals surface area contributed by atoms with E-state index < -0.39 is 12.6 Å². The van der Waals surface area contributed by atoms with Gasteiger partial charge in [0.15, 0.2) is 13.2 Å². The Morgan fingerprint density at radius 2 is 1.93 bits per heavy atom. The monoisotopic (exact) mass is 384 g/mol. The van der Waals surface area contributed by atoms with Gasteiger partial charge in [0.25, 0.3) is 5.91 Å². The number of carboxylic acids is 1. The second-order valence-corrected chi connectivity index (χ2v) is 6.28. The number of anilines is 1. The highest BCUT2D eigenvalue weighted by atomic mass is 16.5. The van der Waals surface area contributed by atoms with Crippen LogP contribution in [-0.2, 0) is 14.4 Å². The van der Waals surface area contributed by atoms with Crippen LogP contribution in [0.3, 0.4) is 0 Å². The molecular weight excluding hydrogens is 364 g/mol. The average Bonchev–Trinajstić information content (AvgIpc) is 2.69. The van der Waals surface area contributed by atoms with E-state index >= 15 is 0 Å². The van der Waals surface area contributed by atoms with Crippen LogP contribution >= 0.6 is 0 Å². The van der Waals surface area contributed by atoms with Gasteiger partial charge < -0.3 is 19.9 Å². The number of hydrogen-bond donors (Lipinski definition) is 2. The minimum absolute atomic E-state index is 0.0996. The van der Waals surface area contributed by atoms with E-state index in [1.807, 2.05) is 6.92 Å². The molecule has 28 heavy (non-hydrogen) atoms. The Morgan fingerprint density at radius 1 is 1.21 bits per heavy atom. The van der Waals surface area contributed by atoms with Crippen molar-refractivity contribution >= 4 is 23.5 Å². The molecule has 146 valence electrons. The summed E-state index contributed by atoms with van der Waals surface area (Å²) in [5, 5.41) is 11.5. The van der Waals surface area contributed by atoms with Crippen molar-refractivity contribution < 1.29 is 29.0 Å². The molecule has 1 aliphatic rings. The number of nitrogens with one attached hydrogen (secondary N) is 1. The zero-order valence-electron chi connectivity index (χ0n) is 15.3. The second-order valence-electron chi connectivity index (χ2n) is 6.28. The highest BCUT2D eigenvalue weighted by molar-refractivity contribution is 6.02. The number of benzene rings is 2. The SMILES string of the molecule is C[C@H](NC(=O)CN1C(=O)COc2ccccc21)c1ccc(OCC(=O)O)cc1. The standard InChI is InChI=1S/C20H20N2O6/c1-13(14-6-8-15(9-7-14)27-12-20(25)26)21-18(23)10-22-16-4-2-3-5-17(16)28-11-19(22)24/h2-9,13H,10-12H2,1H3,(H,21,23)(H,25,26)/t13-/m0/s1. The summed E-state index contributed by atoms with van der Waals surface area (Å²) in [6.07, 6.45) is 0. The molecule has 1 heterocycles. The summed E-state index contributed by atoms with van der Waals surface area (Å²) in [4.78, 5) is 36.6. The molecule has 2 amide bonds. The summed E-state index contributed by atoms with van der Waals surface area (Å²) in [7, 11) is 0. The largest absolute Gasteiger partial charge is 0.482 e. The van der Waals surface area contributed by atoms with Crippen LogP contribution in [0.4, 0.5) is 5.69 Å². The molecule has 0 radical (unpaired) electrons. The molecule has 0 saturated carbocycles. The Hall–Kier alpha value is -3.55. The van der Waals surface area contributed by atoms with Gasteiger partial charge in [0.05, 0.1) is 11.7 Å². The van der Waals surface area contributed by atoms with Gasteiger partial charge in [0.2, 0.25) is 5.91 Å². The number of carboxylic acid groups (broad SMARTS) is 1. The molecule has 2 aromatic carbocycles. The van der Waals surface area contributed by atoms with Crippen LogP contribution in [0, 0.1) is 0 Å². The number of aliphatic carboxylic acids is 1. The van der Waals surface area contributed by atoms with Gasteiger partial charge in [-0.15, -0.1) is 0 Å². The maximum absolute atomic E-state index is 12.5. The van der Waals surface area contributed by atoms with E-state index in [-0.39, 0.29) is 31.0 Å². The Morgan fingerprint density at radius 3 is 2.64 bits per heavy atom. The maximum Gasteiger partial charge on any atom is 0.341 e. The lowest BCUT2D eigenvalue weighted by atomic mass is 10.1. The molecule has 8 nitrogen and oxygen atoms in total. The summed E-state index contributed by atoms with van der Waals surface area (Å²) in [5.74, 6) is -0.630. The normalized spacial score (nSPS) is 13.9. The molecule has 0 saturated heterocycles. The third-order valence-corrected chi connectivity index (χ3v) is 4.23. The molecule has 8 heteroatoms. The van der Waals surface area contributed by atoms with Crippen LogP contribution in [0.15, 0.2) is 48.5 Å². The van der Waals surface area contributed by atoms with Crippen molar-refractivity contribution in [3.05, 3.63) is 54.1 Å². The third-order valence-electron chi connectivity index (χ3n) is 4.23. The van der Waals surface area contributed by atoms with Gasteiger partial charge in [-0.05, 0) is 36.8 Å². The van der Waals surface area contributed by atoms with Crippen LogP contribution in [0.2, 0.25) is 0 Å². The van der Waals surface area contributed by atoms with Crippen LogP contribution in [0.5, 0.6) is 11.5 Å². The smallest absolute Gasteiger partial charge is 0.341 e. The van der Waals surface area contributed by atoms with E-state index in [0.717, 1.165) is 5.56 Å². The van der Waals surface area contributed by atoms with Crippen molar-refractivity contribution in [1.82, 2.24) is 5.32 Å². The van der Waals surface area contributed by atoms with Crippen molar-refractivity contribution in [3.63, 3.8) is 0 Å². The van der Waals surface area contributed by atoms with Crippen LogP contribution in [-0.4, -0.2) is 42.6 Å². The summed E-state index contributed by atoms with van der Waals surface area (Å²) < 4.78 is 10.5. The number of amides is 2. The first-order valence-corrected chi connectivity index (χ1v) is 8.70. The van der Waals surface area contributed by atoms with Crippen molar-refractivity contribution in [2.24, 2.45) is 0 Å². The number of carbonyl (C=O) groups excluding carboxylic acids is 2. The predicted octanol–water partition coefficient (Wildman–Crippen LogP) is 1.75. The Labute approximate surface area is 161 Å². The van der Waals surface area contributed by atoms with Gasteiger partial charge in [-0.25, -0.2) is 4.79 Å². The number of rotatable bonds is 7. The van der Waals surface area contributed by atoms with Crippen LogP contribution in [0.1, 0.15) is 18.5 Å². The summed E-state index contributed by atoms with van der Waals surface area (Å²) >= 11 is 0. The molecular formula is C20H20N2O6. The molecule has 3 rings (SSSR count). The van der Waals surface area contributed by atoms with Gasteiger partial charge in [-0.3, -0.25) is 14.5 Å². The number of hydrogen-bond acceptors (Lipinski definition) is 5. The summed E-state index contributed by atoms with van der Waals surface area (Å²) in [5.41, 5.74) is 1.39. The van der Waals surface area contributed by atoms with Crippen molar-refractivity contribution in [2.75, 3.05) is 24.7 Å². The molecule has 0 aromatic heterocycles. The Balaban J connectivity index is 1.60. The fraction of sp³-hybridized carbons (Fsp3) is 0.250. The summed E-state index contributed by atoms with van der Waals surface area (Å²) in [6.45, 7) is 1.20. The molecule has 2 aromatic rings. The van der Waals surface area contributed by atoms with Gasteiger partial charge in [0, 0.05) is 0 Å². The molecule has 0 aliphatic carbocycles. The first-order valence-electron chi connectivity index (χ1n) is 8.70.